The minimum absolute atomic E-state index is 0.503. The lowest BCUT2D eigenvalue weighted by atomic mass is 10.1. The van der Waals surface area contributed by atoms with Gasteiger partial charge in [0.1, 0.15) is 13.2 Å². The zero-order chi connectivity index (χ0) is 13.9. The van der Waals surface area contributed by atoms with E-state index in [1.807, 2.05) is 18.2 Å². The summed E-state index contributed by atoms with van der Waals surface area (Å²) in [4.78, 5) is 0. The number of fused-ring (bicyclic) bond motifs is 1. The van der Waals surface area contributed by atoms with Crippen LogP contribution in [0.1, 0.15) is 31.4 Å². The van der Waals surface area contributed by atoms with E-state index in [0.717, 1.165) is 29.5 Å². The molecule has 1 saturated carbocycles. The number of hydrogen-bond donors (Lipinski definition) is 2. The minimum Gasteiger partial charge on any atom is -0.486 e. The average Bonchev–Trinajstić information content (AvgIpc) is 3.31. The maximum atomic E-state index is 10.2. The number of benzene rings is 1. The number of aliphatic hydroxyl groups is 1. The van der Waals surface area contributed by atoms with Gasteiger partial charge in [0.05, 0.1) is 6.10 Å². The van der Waals surface area contributed by atoms with Gasteiger partial charge in [-0.2, -0.15) is 0 Å². The zero-order valence-corrected chi connectivity index (χ0v) is 12.0. The van der Waals surface area contributed by atoms with Gasteiger partial charge in [0.25, 0.3) is 0 Å². The standard InChI is InChI=1S/C16H23NO3/c1-11(12-2-3-12)9-17-10-14(18)13-4-5-15-16(8-13)20-7-6-19-15/h4-5,8,11-12,14,17-18H,2-3,6-7,9-10H2,1H3. The zero-order valence-electron chi connectivity index (χ0n) is 12.0. The molecule has 1 heterocycles. The Morgan fingerprint density at radius 3 is 2.70 bits per heavy atom. The van der Waals surface area contributed by atoms with Crippen molar-refractivity contribution < 1.29 is 14.6 Å². The lowest BCUT2D eigenvalue weighted by Gasteiger charge is -2.20. The van der Waals surface area contributed by atoms with Crippen molar-refractivity contribution in [1.29, 1.82) is 0 Å². The summed E-state index contributed by atoms with van der Waals surface area (Å²) in [7, 11) is 0. The predicted molar refractivity (Wildman–Crippen MR) is 77.1 cm³/mol. The molecule has 1 aliphatic heterocycles. The summed E-state index contributed by atoms with van der Waals surface area (Å²) in [5, 5.41) is 13.6. The minimum atomic E-state index is -0.503. The number of aliphatic hydroxyl groups excluding tert-OH is 1. The second-order valence-electron chi connectivity index (χ2n) is 5.89. The first-order valence-corrected chi connectivity index (χ1v) is 7.52. The van der Waals surface area contributed by atoms with E-state index in [1.165, 1.54) is 12.8 Å². The molecule has 1 fully saturated rings. The lowest BCUT2D eigenvalue weighted by molar-refractivity contribution is 0.162. The first kappa shape index (κ1) is 13.7. The Kier molecular flexibility index (Phi) is 4.13. The van der Waals surface area contributed by atoms with Gasteiger partial charge in [-0.1, -0.05) is 13.0 Å². The highest BCUT2D eigenvalue weighted by molar-refractivity contribution is 5.44. The monoisotopic (exact) mass is 277 g/mol. The second-order valence-corrected chi connectivity index (χ2v) is 5.89. The van der Waals surface area contributed by atoms with E-state index in [-0.39, 0.29) is 0 Å². The van der Waals surface area contributed by atoms with Gasteiger partial charge in [-0.05, 0) is 48.9 Å². The molecule has 0 amide bonds. The maximum Gasteiger partial charge on any atom is 0.161 e. The van der Waals surface area contributed by atoms with E-state index in [1.54, 1.807) is 0 Å². The molecular formula is C16H23NO3. The lowest BCUT2D eigenvalue weighted by Crippen LogP contribution is -2.27. The Morgan fingerprint density at radius 2 is 1.95 bits per heavy atom. The fourth-order valence-corrected chi connectivity index (χ4v) is 2.66. The molecule has 0 spiro atoms. The Hall–Kier alpha value is -1.26. The number of hydrogen-bond acceptors (Lipinski definition) is 4. The SMILES string of the molecule is CC(CNCC(O)c1ccc2c(c1)OCCO2)C1CC1. The molecule has 1 aromatic rings. The van der Waals surface area contributed by atoms with Gasteiger partial charge in [-0.15, -0.1) is 0 Å². The number of rotatable bonds is 6. The molecule has 110 valence electrons. The molecule has 3 rings (SSSR count). The molecule has 1 aliphatic carbocycles. The third-order valence-electron chi connectivity index (χ3n) is 4.18. The molecule has 4 heteroatoms. The summed E-state index contributed by atoms with van der Waals surface area (Å²) >= 11 is 0. The van der Waals surface area contributed by atoms with Crippen molar-refractivity contribution in [3.8, 4) is 11.5 Å². The van der Waals surface area contributed by atoms with Gasteiger partial charge in [0.2, 0.25) is 0 Å². The van der Waals surface area contributed by atoms with Crippen LogP contribution in [0.25, 0.3) is 0 Å². The molecule has 2 atom stereocenters. The quantitative estimate of drug-likeness (QED) is 0.836. The van der Waals surface area contributed by atoms with E-state index in [0.29, 0.717) is 25.7 Å². The summed E-state index contributed by atoms with van der Waals surface area (Å²) < 4.78 is 11.0. The van der Waals surface area contributed by atoms with Gasteiger partial charge in [0, 0.05) is 6.54 Å². The smallest absolute Gasteiger partial charge is 0.161 e. The van der Waals surface area contributed by atoms with Crippen molar-refractivity contribution >= 4 is 0 Å². The molecule has 4 nitrogen and oxygen atoms in total. The first-order valence-electron chi connectivity index (χ1n) is 7.52. The summed E-state index contributed by atoms with van der Waals surface area (Å²) in [6, 6.07) is 5.66. The van der Waals surface area contributed by atoms with E-state index in [2.05, 4.69) is 12.2 Å². The van der Waals surface area contributed by atoms with Crippen LogP contribution in [-0.2, 0) is 0 Å². The third-order valence-corrected chi connectivity index (χ3v) is 4.18. The summed E-state index contributed by atoms with van der Waals surface area (Å²) in [5.74, 6) is 3.11. The second kappa shape index (κ2) is 6.02. The molecule has 0 radical (unpaired) electrons. The molecule has 1 aromatic carbocycles. The maximum absolute atomic E-state index is 10.2. The fourth-order valence-electron chi connectivity index (χ4n) is 2.66. The molecule has 20 heavy (non-hydrogen) atoms. The van der Waals surface area contributed by atoms with Crippen LogP contribution >= 0.6 is 0 Å². The topological polar surface area (TPSA) is 50.7 Å². The van der Waals surface area contributed by atoms with Gasteiger partial charge < -0.3 is 19.9 Å². The van der Waals surface area contributed by atoms with Crippen LogP contribution in [0.5, 0.6) is 11.5 Å². The largest absolute Gasteiger partial charge is 0.486 e. The molecular weight excluding hydrogens is 254 g/mol. The van der Waals surface area contributed by atoms with Crippen LogP contribution in [0, 0.1) is 11.8 Å². The Bertz CT molecular complexity index is 459. The number of nitrogens with one attached hydrogen (secondary N) is 1. The van der Waals surface area contributed by atoms with Crippen LogP contribution < -0.4 is 14.8 Å². The van der Waals surface area contributed by atoms with E-state index < -0.39 is 6.10 Å². The van der Waals surface area contributed by atoms with Gasteiger partial charge in [0.15, 0.2) is 11.5 Å². The number of ether oxygens (including phenoxy) is 2. The van der Waals surface area contributed by atoms with Crippen LogP contribution in [0.15, 0.2) is 18.2 Å². The summed E-state index contributed by atoms with van der Waals surface area (Å²) in [6.07, 6.45) is 2.23. The summed E-state index contributed by atoms with van der Waals surface area (Å²) in [5.41, 5.74) is 0.876. The molecule has 2 unspecified atom stereocenters. The average molecular weight is 277 g/mol. The third kappa shape index (κ3) is 3.25. The first-order chi connectivity index (χ1) is 9.74. The molecule has 0 bridgehead atoms. The van der Waals surface area contributed by atoms with E-state index in [9.17, 15) is 5.11 Å². The predicted octanol–water partition coefficient (Wildman–Crippen LogP) is 2.13. The van der Waals surface area contributed by atoms with Crippen molar-refractivity contribution in [3.05, 3.63) is 23.8 Å². The van der Waals surface area contributed by atoms with Crippen molar-refractivity contribution in [1.82, 2.24) is 5.32 Å². The van der Waals surface area contributed by atoms with Gasteiger partial charge >= 0.3 is 0 Å². The van der Waals surface area contributed by atoms with Crippen LogP contribution in [-0.4, -0.2) is 31.4 Å². The van der Waals surface area contributed by atoms with Crippen molar-refractivity contribution in [2.75, 3.05) is 26.3 Å². The molecule has 0 aromatic heterocycles. The van der Waals surface area contributed by atoms with Crippen molar-refractivity contribution in [2.24, 2.45) is 11.8 Å². The van der Waals surface area contributed by atoms with Crippen molar-refractivity contribution in [3.63, 3.8) is 0 Å². The highest BCUT2D eigenvalue weighted by Gasteiger charge is 2.27. The molecule has 0 saturated heterocycles. The van der Waals surface area contributed by atoms with Crippen LogP contribution in [0.3, 0.4) is 0 Å². The van der Waals surface area contributed by atoms with Gasteiger partial charge in [-0.25, -0.2) is 0 Å². The van der Waals surface area contributed by atoms with E-state index >= 15 is 0 Å². The highest BCUT2D eigenvalue weighted by Crippen LogP contribution is 2.36. The van der Waals surface area contributed by atoms with E-state index in [4.69, 9.17) is 9.47 Å². The highest BCUT2D eigenvalue weighted by atomic mass is 16.6. The van der Waals surface area contributed by atoms with Gasteiger partial charge in [-0.3, -0.25) is 0 Å². The van der Waals surface area contributed by atoms with Crippen LogP contribution in [0.2, 0.25) is 0 Å². The fraction of sp³-hybridized carbons (Fsp3) is 0.625. The normalized spacial score (nSPS) is 20.5. The van der Waals surface area contributed by atoms with Crippen LogP contribution in [0.4, 0.5) is 0 Å². The Labute approximate surface area is 120 Å². The molecule has 2 aliphatic rings. The Morgan fingerprint density at radius 1 is 1.20 bits per heavy atom. The van der Waals surface area contributed by atoms with Crippen molar-refractivity contribution in [2.45, 2.75) is 25.9 Å². The summed E-state index contributed by atoms with van der Waals surface area (Å²) in [6.45, 7) is 5.00. The Balaban J connectivity index is 1.52. The molecule has 2 N–H and O–H groups in total.